The fourth-order valence-electron chi connectivity index (χ4n) is 8.01. The van der Waals surface area contributed by atoms with Crippen molar-refractivity contribution < 1.29 is 28.7 Å². The summed E-state index contributed by atoms with van der Waals surface area (Å²) < 4.78 is 9.82. The first-order valence-electron chi connectivity index (χ1n) is 18.1. The topological polar surface area (TPSA) is 157 Å². The van der Waals surface area contributed by atoms with E-state index in [-0.39, 0.29) is 35.7 Å². The number of carbonyl (C=O) groups is 4. The normalized spacial score (nSPS) is 18.7. The lowest BCUT2D eigenvalue weighted by Crippen LogP contribution is -2.51. The molecule has 0 spiro atoms. The average Bonchev–Trinajstić information content (AvgIpc) is 3.94. The molecular formula is C38H50N8O6. The first kappa shape index (κ1) is 36.6. The van der Waals surface area contributed by atoms with Crippen molar-refractivity contribution in [1.29, 1.82) is 0 Å². The molecule has 4 aromatic rings. The van der Waals surface area contributed by atoms with Crippen LogP contribution in [0, 0.1) is 11.8 Å². The molecule has 2 N–H and O–H groups in total. The highest BCUT2D eigenvalue weighted by Gasteiger charge is 2.41. The maximum absolute atomic E-state index is 13.8. The van der Waals surface area contributed by atoms with Crippen LogP contribution in [0.2, 0.25) is 0 Å². The van der Waals surface area contributed by atoms with Crippen molar-refractivity contribution in [3.8, 4) is 11.1 Å². The van der Waals surface area contributed by atoms with Crippen LogP contribution in [0.25, 0.3) is 33.2 Å². The summed E-state index contributed by atoms with van der Waals surface area (Å²) in [6, 6.07) is 10.4. The number of nitrogens with zero attached hydrogens (tertiary/aromatic N) is 6. The van der Waals surface area contributed by atoms with Crippen molar-refractivity contribution in [2.45, 2.75) is 77.5 Å². The van der Waals surface area contributed by atoms with E-state index in [0.29, 0.717) is 13.1 Å². The summed E-state index contributed by atoms with van der Waals surface area (Å²) in [4.78, 5) is 75.6. The Morgan fingerprint density at radius 1 is 0.692 bits per heavy atom. The molecule has 52 heavy (non-hydrogen) atoms. The monoisotopic (exact) mass is 714 g/mol. The summed E-state index contributed by atoms with van der Waals surface area (Å²) in [6.07, 6.45) is 2.14. The molecule has 14 nitrogen and oxygen atoms in total. The van der Waals surface area contributed by atoms with Gasteiger partial charge in [0.25, 0.3) is 0 Å². The molecule has 2 aliphatic heterocycles. The molecule has 278 valence electrons. The highest BCUT2D eigenvalue weighted by atomic mass is 16.5. The third kappa shape index (κ3) is 6.78. The number of carbonyl (C=O) groups excluding carboxylic acids is 4. The summed E-state index contributed by atoms with van der Waals surface area (Å²) in [5, 5.41) is 0. The van der Waals surface area contributed by atoms with E-state index < -0.39 is 24.3 Å². The van der Waals surface area contributed by atoms with Gasteiger partial charge in [0.2, 0.25) is 11.8 Å². The first-order valence-corrected chi connectivity index (χ1v) is 18.1. The van der Waals surface area contributed by atoms with Gasteiger partial charge in [0.05, 0.1) is 48.4 Å². The zero-order chi connectivity index (χ0) is 37.4. The standard InChI is InChI=1S/C38H50N8O6/c1-21(2)31(43(5)37(49)51-7)35(47)45-17-9-11-29(45)33-39-25-15-13-23(19-27(25)41-33)24-14-16-26-28(20-24)42-34(40-26)30-12-10-18-46(30)36(48)32(22(3)4)44(6)38(50)52-8/h13-16,19-22,29-32H,9-12,17-18H2,1-8H3,(H,39,41)(H,40,42)/t29-,30-,31-,32-/m0/s1. The SMILES string of the molecule is COC(=O)N(C)[C@H](C(=O)N1CCC[C@H]1c1nc2ccc(-c3ccc4nc([C@@H]5CCCN5C(=O)[C@H](C(C)C)N(C)C(=O)OC)[nH]c4c3)cc2[nH]1)C(C)C. The molecule has 4 heterocycles. The van der Waals surface area contributed by atoms with Gasteiger partial charge >= 0.3 is 12.2 Å². The maximum Gasteiger partial charge on any atom is 0.409 e. The number of rotatable bonds is 9. The van der Waals surface area contributed by atoms with Gasteiger partial charge in [-0.3, -0.25) is 19.4 Å². The summed E-state index contributed by atoms with van der Waals surface area (Å²) in [7, 11) is 5.84. The van der Waals surface area contributed by atoms with Gasteiger partial charge in [-0.05, 0) is 72.9 Å². The van der Waals surface area contributed by atoms with Crippen molar-refractivity contribution in [2.75, 3.05) is 41.4 Å². The lowest BCUT2D eigenvalue weighted by Gasteiger charge is -2.34. The van der Waals surface area contributed by atoms with E-state index in [9.17, 15) is 19.2 Å². The summed E-state index contributed by atoms with van der Waals surface area (Å²) >= 11 is 0. The maximum atomic E-state index is 13.8. The quantitative estimate of drug-likeness (QED) is 0.218. The molecule has 0 bridgehead atoms. The molecular weight excluding hydrogens is 664 g/mol. The van der Waals surface area contributed by atoms with Crippen molar-refractivity contribution in [3.63, 3.8) is 0 Å². The predicted molar refractivity (Wildman–Crippen MR) is 196 cm³/mol. The van der Waals surface area contributed by atoms with Gasteiger partial charge in [0, 0.05) is 27.2 Å². The molecule has 2 saturated heterocycles. The Balaban J connectivity index is 1.23. The van der Waals surface area contributed by atoms with Crippen molar-refractivity contribution in [3.05, 3.63) is 48.0 Å². The Labute approximate surface area is 303 Å². The van der Waals surface area contributed by atoms with Gasteiger partial charge in [-0.2, -0.15) is 0 Å². The lowest BCUT2D eigenvalue weighted by molar-refractivity contribution is -0.139. The Bertz CT molecular complexity index is 1830. The number of amides is 4. The van der Waals surface area contributed by atoms with Crippen LogP contribution in [-0.2, 0) is 19.1 Å². The van der Waals surface area contributed by atoms with Crippen molar-refractivity contribution >= 4 is 46.1 Å². The number of likely N-dealkylation sites (N-methyl/N-ethyl adjacent to an activating group) is 2. The van der Waals surface area contributed by atoms with Gasteiger partial charge < -0.3 is 29.2 Å². The van der Waals surface area contributed by atoms with Gasteiger partial charge in [-0.25, -0.2) is 19.6 Å². The van der Waals surface area contributed by atoms with E-state index in [4.69, 9.17) is 19.4 Å². The molecule has 2 aromatic heterocycles. The molecule has 6 rings (SSSR count). The Kier molecular flexibility index (Phi) is 10.5. The van der Waals surface area contributed by atoms with E-state index in [0.717, 1.165) is 70.5 Å². The van der Waals surface area contributed by atoms with Crippen LogP contribution in [-0.4, -0.2) is 117 Å². The minimum atomic E-state index is -0.649. The number of likely N-dealkylation sites (tertiary alicyclic amines) is 2. The molecule has 0 saturated carbocycles. The number of benzene rings is 2. The minimum absolute atomic E-state index is 0.101. The number of methoxy groups -OCH3 is 2. The number of nitrogens with one attached hydrogen (secondary N) is 2. The van der Waals surface area contributed by atoms with Crippen LogP contribution >= 0.6 is 0 Å². The third-order valence-corrected chi connectivity index (χ3v) is 10.6. The summed E-state index contributed by atoms with van der Waals surface area (Å²) in [6.45, 7) is 8.89. The third-order valence-electron chi connectivity index (χ3n) is 10.6. The zero-order valence-corrected chi connectivity index (χ0v) is 31.3. The van der Waals surface area contributed by atoms with Crippen LogP contribution in [0.3, 0.4) is 0 Å². The molecule has 0 unspecified atom stereocenters. The van der Waals surface area contributed by atoms with Crippen LogP contribution in [0.4, 0.5) is 9.59 Å². The molecule has 4 atom stereocenters. The van der Waals surface area contributed by atoms with Gasteiger partial charge in [-0.1, -0.05) is 39.8 Å². The van der Waals surface area contributed by atoms with E-state index in [2.05, 4.69) is 22.1 Å². The van der Waals surface area contributed by atoms with E-state index in [1.807, 2.05) is 61.8 Å². The second-order valence-electron chi connectivity index (χ2n) is 14.6. The van der Waals surface area contributed by atoms with Crippen LogP contribution < -0.4 is 0 Å². The second-order valence-corrected chi connectivity index (χ2v) is 14.6. The molecule has 2 aliphatic rings. The molecule has 4 amide bonds. The average molecular weight is 715 g/mol. The number of hydrogen-bond donors (Lipinski definition) is 2. The van der Waals surface area contributed by atoms with E-state index in [1.54, 1.807) is 14.1 Å². The van der Waals surface area contributed by atoms with Crippen LogP contribution in [0.15, 0.2) is 36.4 Å². The smallest absolute Gasteiger partial charge is 0.409 e. The Hall–Kier alpha value is -5.14. The number of aromatic amines is 2. The van der Waals surface area contributed by atoms with Crippen LogP contribution in [0.1, 0.15) is 77.1 Å². The number of imidazole rings is 2. The number of fused-ring (bicyclic) bond motifs is 2. The predicted octanol–water partition coefficient (Wildman–Crippen LogP) is 5.88. The van der Waals surface area contributed by atoms with Crippen molar-refractivity contribution in [1.82, 2.24) is 39.5 Å². The highest BCUT2D eigenvalue weighted by Crippen LogP contribution is 2.36. The Morgan fingerprint density at radius 3 is 1.42 bits per heavy atom. The fourth-order valence-corrected chi connectivity index (χ4v) is 8.01. The molecule has 2 fully saturated rings. The van der Waals surface area contributed by atoms with E-state index >= 15 is 0 Å². The molecule has 14 heteroatoms. The number of aromatic nitrogens is 4. The lowest BCUT2D eigenvalue weighted by atomic mass is 10.0. The molecule has 0 radical (unpaired) electrons. The van der Waals surface area contributed by atoms with Gasteiger partial charge in [-0.15, -0.1) is 0 Å². The Morgan fingerprint density at radius 2 is 1.08 bits per heavy atom. The van der Waals surface area contributed by atoms with Crippen molar-refractivity contribution in [2.24, 2.45) is 11.8 Å². The van der Waals surface area contributed by atoms with Gasteiger partial charge in [0.1, 0.15) is 23.7 Å². The molecule has 2 aromatic carbocycles. The largest absolute Gasteiger partial charge is 0.453 e. The van der Waals surface area contributed by atoms with E-state index in [1.165, 1.54) is 24.0 Å². The first-order chi connectivity index (χ1) is 24.8. The summed E-state index contributed by atoms with van der Waals surface area (Å²) in [5.74, 6) is 1.02. The molecule has 0 aliphatic carbocycles. The van der Waals surface area contributed by atoms with Crippen LogP contribution in [0.5, 0.6) is 0 Å². The summed E-state index contributed by atoms with van der Waals surface area (Å²) in [5.41, 5.74) is 5.31. The zero-order valence-electron chi connectivity index (χ0n) is 31.3. The second kappa shape index (κ2) is 14.8. The number of H-pyrrole nitrogens is 2. The minimum Gasteiger partial charge on any atom is -0.453 e. The van der Waals surface area contributed by atoms with Gasteiger partial charge in [0.15, 0.2) is 0 Å². The fraction of sp³-hybridized carbons (Fsp3) is 0.526. The highest BCUT2D eigenvalue weighted by molar-refractivity contribution is 5.89. The number of ether oxygens (including phenoxy) is 2. The number of hydrogen-bond acceptors (Lipinski definition) is 8.